The highest BCUT2D eigenvalue weighted by atomic mass is 16.2. The number of aromatic nitrogens is 2. The summed E-state index contributed by atoms with van der Waals surface area (Å²) < 4.78 is 1.60. The van der Waals surface area contributed by atoms with Crippen LogP contribution in [-0.2, 0) is 13.5 Å². The van der Waals surface area contributed by atoms with Crippen LogP contribution in [0.4, 0.5) is 0 Å². The molecule has 0 aliphatic heterocycles. The first-order valence-electron chi connectivity index (χ1n) is 6.53. The summed E-state index contributed by atoms with van der Waals surface area (Å²) in [7, 11) is 1.78. The van der Waals surface area contributed by atoms with Crippen LogP contribution in [0.25, 0.3) is 0 Å². The Morgan fingerprint density at radius 1 is 1.37 bits per heavy atom. The summed E-state index contributed by atoms with van der Waals surface area (Å²) >= 11 is 0. The lowest BCUT2D eigenvalue weighted by atomic mass is 10.0. The lowest BCUT2D eigenvalue weighted by Gasteiger charge is -2.18. The molecular weight excluding hydrogens is 238 g/mol. The van der Waals surface area contributed by atoms with Gasteiger partial charge in [0.05, 0.1) is 6.04 Å². The van der Waals surface area contributed by atoms with E-state index in [1.165, 1.54) is 11.1 Å². The van der Waals surface area contributed by atoms with Crippen molar-refractivity contribution < 1.29 is 4.79 Å². The highest BCUT2D eigenvalue weighted by Crippen LogP contribution is 2.35. The number of hydrogen-bond acceptors (Lipinski definition) is 2. The summed E-state index contributed by atoms with van der Waals surface area (Å²) in [5.41, 5.74) is 3.17. The molecule has 1 aliphatic rings. The second-order valence-corrected chi connectivity index (χ2v) is 5.17. The van der Waals surface area contributed by atoms with Crippen molar-refractivity contribution >= 4 is 5.91 Å². The molecule has 0 fully saturated rings. The van der Waals surface area contributed by atoms with Crippen molar-refractivity contribution in [3.63, 3.8) is 0 Å². The van der Waals surface area contributed by atoms with Gasteiger partial charge in [0.2, 0.25) is 0 Å². The highest BCUT2D eigenvalue weighted by molar-refractivity contribution is 5.92. The molecule has 4 heteroatoms. The molecule has 1 aliphatic carbocycles. The van der Waals surface area contributed by atoms with Crippen LogP contribution in [-0.4, -0.2) is 15.7 Å². The summed E-state index contributed by atoms with van der Waals surface area (Å²) in [5, 5.41) is 7.16. The van der Waals surface area contributed by atoms with Crippen molar-refractivity contribution in [2.24, 2.45) is 13.0 Å². The van der Waals surface area contributed by atoms with Gasteiger partial charge >= 0.3 is 0 Å². The van der Waals surface area contributed by atoms with Gasteiger partial charge in [0.1, 0.15) is 5.69 Å². The lowest BCUT2D eigenvalue weighted by Crippen LogP contribution is -2.31. The third kappa shape index (κ3) is 2.03. The second kappa shape index (κ2) is 4.53. The number of amides is 1. The average molecular weight is 255 g/mol. The fourth-order valence-electron chi connectivity index (χ4n) is 2.83. The Kier molecular flexibility index (Phi) is 2.85. The molecule has 0 spiro atoms. The molecular formula is C15H17N3O. The molecule has 3 rings (SSSR count). The molecule has 1 N–H and O–H groups in total. The van der Waals surface area contributed by atoms with E-state index in [9.17, 15) is 4.79 Å². The van der Waals surface area contributed by atoms with Crippen molar-refractivity contribution in [1.29, 1.82) is 0 Å². The van der Waals surface area contributed by atoms with Crippen molar-refractivity contribution in [2.45, 2.75) is 19.4 Å². The standard InChI is InChI=1S/C15H17N3O/c1-10-9-11-5-3-4-6-12(11)14(10)17-15(19)13-7-8-16-18(13)2/h3-8,10,14H,9H2,1-2H3,(H,17,19)/t10-,14+/m1/s1. The maximum Gasteiger partial charge on any atom is 0.270 e. The second-order valence-electron chi connectivity index (χ2n) is 5.17. The lowest BCUT2D eigenvalue weighted by molar-refractivity contribution is 0.0917. The van der Waals surface area contributed by atoms with Crippen molar-refractivity contribution in [2.75, 3.05) is 0 Å². The minimum atomic E-state index is -0.0615. The first-order valence-corrected chi connectivity index (χ1v) is 6.53. The zero-order valence-electron chi connectivity index (χ0n) is 11.1. The molecule has 0 unspecified atom stereocenters. The van der Waals surface area contributed by atoms with Crippen molar-refractivity contribution in [3.05, 3.63) is 53.3 Å². The van der Waals surface area contributed by atoms with Gasteiger partial charge in [0.25, 0.3) is 5.91 Å². The number of hydrogen-bond donors (Lipinski definition) is 1. The summed E-state index contributed by atoms with van der Waals surface area (Å²) in [6, 6.07) is 10.2. The molecule has 1 aromatic carbocycles. The molecule has 0 bridgehead atoms. The zero-order valence-corrected chi connectivity index (χ0v) is 11.1. The number of benzene rings is 1. The van der Waals surface area contributed by atoms with Gasteiger partial charge in [-0.1, -0.05) is 31.2 Å². The van der Waals surface area contributed by atoms with E-state index in [-0.39, 0.29) is 11.9 Å². The van der Waals surface area contributed by atoms with Gasteiger partial charge in [-0.15, -0.1) is 0 Å². The van der Waals surface area contributed by atoms with Crippen LogP contribution in [0.5, 0.6) is 0 Å². The number of carbonyl (C=O) groups excluding carboxylic acids is 1. The molecule has 4 nitrogen and oxygen atoms in total. The monoisotopic (exact) mass is 255 g/mol. The van der Waals surface area contributed by atoms with Crippen LogP contribution in [0, 0.1) is 5.92 Å². The van der Waals surface area contributed by atoms with Crippen LogP contribution >= 0.6 is 0 Å². The third-order valence-electron chi connectivity index (χ3n) is 3.84. The van der Waals surface area contributed by atoms with Crippen LogP contribution in [0.2, 0.25) is 0 Å². The number of carbonyl (C=O) groups is 1. The SMILES string of the molecule is C[C@@H]1Cc2ccccc2[C@H]1NC(=O)c1ccnn1C. The van der Waals surface area contributed by atoms with Gasteiger partial charge in [-0.2, -0.15) is 5.10 Å². The fourth-order valence-corrected chi connectivity index (χ4v) is 2.83. The van der Waals surface area contributed by atoms with Crippen molar-refractivity contribution in [3.8, 4) is 0 Å². The minimum absolute atomic E-state index is 0.0615. The first kappa shape index (κ1) is 12.0. The summed E-state index contributed by atoms with van der Waals surface area (Å²) in [6.07, 6.45) is 2.66. The van der Waals surface area contributed by atoms with Gasteiger partial charge < -0.3 is 5.32 Å². The van der Waals surface area contributed by atoms with E-state index in [0.717, 1.165) is 6.42 Å². The number of rotatable bonds is 2. The number of nitrogens with zero attached hydrogens (tertiary/aromatic N) is 2. The first-order chi connectivity index (χ1) is 9.16. The minimum Gasteiger partial charge on any atom is -0.344 e. The van der Waals surface area contributed by atoms with E-state index in [2.05, 4.69) is 35.5 Å². The molecule has 2 atom stereocenters. The van der Waals surface area contributed by atoms with E-state index in [4.69, 9.17) is 0 Å². The van der Waals surface area contributed by atoms with E-state index in [0.29, 0.717) is 11.6 Å². The molecule has 1 amide bonds. The Hall–Kier alpha value is -2.10. The zero-order chi connectivity index (χ0) is 13.4. The molecule has 0 radical (unpaired) electrons. The Labute approximate surface area is 112 Å². The largest absolute Gasteiger partial charge is 0.344 e. The summed E-state index contributed by atoms with van der Waals surface area (Å²) in [4.78, 5) is 12.3. The normalized spacial score (nSPS) is 21.2. The molecule has 1 heterocycles. The van der Waals surface area contributed by atoms with Gasteiger partial charge in [-0.25, -0.2) is 0 Å². The summed E-state index contributed by atoms with van der Waals surface area (Å²) in [5.74, 6) is 0.364. The van der Waals surface area contributed by atoms with Crippen LogP contribution < -0.4 is 5.32 Å². The highest BCUT2D eigenvalue weighted by Gasteiger charge is 2.30. The van der Waals surface area contributed by atoms with Crippen LogP contribution in [0.3, 0.4) is 0 Å². The number of aryl methyl sites for hydroxylation is 1. The van der Waals surface area contributed by atoms with E-state index < -0.39 is 0 Å². The maximum atomic E-state index is 12.3. The fraction of sp³-hybridized carbons (Fsp3) is 0.333. The van der Waals surface area contributed by atoms with Crippen molar-refractivity contribution in [1.82, 2.24) is 15.1 Å². The summed E-state index contributed by atoms with van der Waals surface area (Å²) in [6.45, 7) is 2.17. The average Bonchev–Trinajstić information content (AvgIpc) is 2.94. The molecule has 0 saturated carbocycles. The quantitative estimate of drug-likeness (QED) is 0.893. The van der Waals surface area contributed by atoms with Gasteiger partial charge in [-0.05, 0) is 29.5 Å². The van der Waals surface area contributed by atoms with E-state index >= 15 is 0 Å². The van der Waals surface area contributed by atoms with Gasteiger partial charge in [0.15, 0.2) is 0 Å². The Morgan fingerprint density at radius 3 is 2.89 bits per heavy atom. The van der Waals surface area contributed by atoms with E-state index in [1.807, 2.05) is 6.07 Å². The van der Waals surface area contributed by atoms with Gasteiger partial charge in [0, 0.05) is 13.2 Å². The Balaban J connectivity index is 1.84. The van der Waals surface area contributed by atoms with Gasteiger partial charge in [-0.3, -0.25) is 9.48 Å². The van der Waals surface area contributed by atoms with Crippen LogP contribution in [0.15, 0.2) is 36.5 Å². The molecule has 2 aromatic rings. The third-order valence-corrected chi connectivity index (χ3v) is 3.84. The molecule has 19 heavy (non-hydrogen) atoms. The number of nitrogens with one attached hydrogen (secondary N) is 1. The maximum absolute atomic E-state index is 12.3. The smallest absolute Gasteiger partial charge is 0.270 e. The number of fused-ring (bicyclic) bond motifs is 1. The predicted molar refractivity (Wildman–Crippen MR) is 72.7 cm³/mol. The predicted octanol–water partition coefficient (Wildman–Crippen LogP) is 2.08. The molecule has 98 valence electrons. The Morgan fingerprint density at radius 2 is 2.16 bits per heavy atom. The van der Waals surface area contributed by atoms with E-state index in [1.54, 1.807) is 24.0 Å². The molecule has 0 saturated heterocycles. The Bertz CT molecular complexity index is 617. The topological polar surface area (TPSA) is 46.9 Å². The van der Waals surface area contributed by atoms with Crippen LogP contribution in [0.1, 0.15) is 34.6 Å². The molecule has 1 aromatic heterocycles.